The van der Waals surface area contributed by atoms with Gasteiger partial charge in [0.25, 0.3) is 0 Å². The van der Waals surface area contributed by atoms with Crippen molar-refractivity contribution in [3.63, 3.8) is 0 Å². The number of H-pyrrole nitrogens is 1. The molecule has 0 saturated heterocycles. The predicted octanol–water partition coefficient (Wildman–Crippen LogP) is 5.63. The first-order valence-corrected chi connectivity index (χ1v) is 8.02. The van der Waals surface area contributed by atoms with Crippen LogP contribution in [0.25, 0.3) is 10.6 Å². The van der Waals surface area contributed by atoms with Gasteiger partial charge in [-0.05, 0) is 35.1 Å². The van der Waals surface area contributed by atoms with Crippen molar-refractivity contribution in [2.45, 2.75) is 58.8 Å². The Hall–Kier alpha value is -1.02. The molecule has 0 unspecified atom stereocenters. The highest BCUT2D eigenvalue weighted by Crippen LogP contribution is 2.53. The van der Waals surface area contributed by atoms with E-state index >= 15 is 0 Å². The Morgan fingerprint density at radius 2 is 1.68 bits per heavy atom. The zero-order valence-electron chi connectivity index (χ0n) is 12.7. The molecule has 1 N–H and O–H groups in total. The molecule has 1 aliphatic carbocycles. The van der Waals surface area contributed by atoms with E-state index < -0.39 is 0 Å². The summed E-state index contributed by atoms with van der Waals surface area (Å²) in [6.07, 6.45) is 0. The van der Waals surface area contributed by atoms with Crippen LogP contribution in [0.3, 0.4) is 0 Å². The first-order valence-electron chi connectivity index (χ1n) is 7.20. The molecular weight excluding hydrogens is 250 g/mol. The normalized spacial score (nSPS) is 16.2. The van der Waals surface area contributed by atoms with Crippen molar-refractivity contribution in [1.82, 2.24) is 4.98 Å². The molecule has 0 radical (unpaired) electrons. The molecule has 2 aromatic heterocycles. The molecule has 1 aliphatic rings. The number of nitrogens with one attached hydrogen (secondary N) is 1. The fraction of sp³-hybridized carbons (Fsp3) is 0.529. The Balaban J connectivity index is 2.20. The van der Waals surface area contributed by atoms with E-state index in [-0.39, 0.29) is 5.41 Å². The third-order valence-corrected chi connectivity index (χ3v) is 5.81. The van der Waals surface area contributed by atoms with Crippen molar-refractivity contribution < 1.29 is 0 Å². The summed E-state index contributed by atoms with van der Waals surface area (Å²) in [5.74, 6) is 1.18. The van der Waals surface area contributed by atoms with Crippen molar-refractivity contribution >= 4 is 11.3 Å². The molecule has 0 bridgehead atoms. The molecule has 2 heteroatoms. The van der Waals surface area contributed by atoms with E-state index in [0.29, 0.717) is 11.8 Å². The van der Waals surface area contributed by atoms with Gasteiger partial charge in [-0.2, -0.15) is 0 Å². The molecular formula is C17H23NS. The van der Waals surface area contributed by atoms with E-state index in [0.717, 1.165) is 0 Å². The molecule has 102 valence electrons. The summed E-state index contributed by atoms with van der Waals surface area (Å²) in [5.41, 5.74) is 5.88. The molecule has 0 amide bonds. The Labute approximate surface area is 120 Å². The minimum atomic E-state index is 0.151. The van der Waals surface area contributed by atoms with Crippen LogP contribution in [0.2, 0.25) is 0 Å². The van der Waals surface area contributed by atoms with Crippen molar-refractivity contribution in [1.29, 1.82) is 0 Å². The van der Waals surface area contributed by atoms with E-state index in [9.17, 15) is 0 Å². The van der Waals surface area contributed by atoms with Gasteiger partial charge in [0.1, 0.15) is 0 Å². The summed E-state index contributed by atoms with van der Waals surface area (Å²) in [7, 11) is 0. The van der Waals surface area contributed by atoms with Crippen LogP contribution in [0.15, 0.2) is 12.1 Å². The number of aromatic amines is 1. The van der Waals surface area contributed by atoms with Gasteiger partial charge >= 0.3 is 0 Å². The fourth-order valence-electron chi connectivity index (χ4n) is 2.95. The summed E-state index contributed by atoms with van der Waals surface area (Å²) >= 11 is 1.97. The highest BCUT2D eigenvalue weighted by Gasteiger charge is 2.39. The van der Waals surface area contributed by atoms with Crippen LogP contribution in [0.4, 0.5) is 0 Å². The monoisotopic (exact) mass is 273 g/mol. The third-order valence-electron chi connectivity index (χ3n) is 4.35. The lowest BCUT2D eigenvalue weighted by Crippen LogP contribution is -2.14. The summed E-state index contributed by atoms with van der Waals surface area (Å²) in [5, 5.41) is 0. The van der Waals surface area contributed by atoms with Crippen LogP contribution in [0.1, 0.15) is 75.1 Å². The van der Waals surface area contributed by atoms with Gasteiger partial charge in [0.2, 0.25) is 0 Å². The van der Waals surface area contributed by atoms with Gasteiger partial charge in [0.15, 0.2) is 0 Å². The van der Waals surface area contributed by atoms with Gasteiger partial charge in [-0.1, -0.05) is 41.5 Å². The quantitative estimate of drug-likeness (QED) is 0.730. The molecule has 0 aliphatic heterocycles. The lowest BCUT2D eigenvalue weighted by atomic mass is 9.83. The van der Waals surface area contributed by atoms with Crippen molar-refractivity contribution in [3.8, 4) is 10.6 Å². The second-order valence-electron chi connectivity index (χ2n) is 6.84. The highest BCUT2D eigenvalue weighted by molar-refractivity contribution is 7.15. The maximum atomic E-state index is 3.67. The van der Waals surface area contributed by atoms with E-state index in [1.54, 1.807) is 0 Å². The van der Waals surface area contributed by atoms with Crippen LogP contribution in [0, 0.1) is 0 Å². The van der Waals surface area contributed by atoms with Crippen molar-refractivity contribution in [2.75, 3.05) is 0 Å². The van der Waals surface area contributed by atoms with Crippen molar-refractivity contribution in [3.05, 3.63) is 33.8 Å². The number of rotatable bonds is 2. The average Bonchev–Trinajstić information content (AvgIpc) is 2.95. The van der Waals surface area contributed by atoms with Crippen molar-refractivity contribution in [2.24, 2.45) is 0 Å². The van der Waals surface area contributed by atoms with Crippen LogP contribution in [-0.4, -0.2) is 4.98 Å². The van der Waals surface area contributed by atoms with E-state index in [2.05, 4.69) is 58.7 Å². The Kier molecular flexibility index (Phi) is 2.72. The number of thiophene rings is 1. The van der Waals surface area contributed by atoms with Gasteiger partial charge in [-0.25, -0.2) is 0 Å². The smallest absolute Gasteiger partial charge is 0.0602 e. The van der Waals surface area contributed by atoms with E-state index in [1.807, 2.05) is 11.3 Å². The molecule has 0 aromatic carbocycles. The molecule has 0 spiro atoms. The Morgan fingerprint density at radius 3 is 2.26 bits per heavy atom. The number of hydrogen-bond donors (Lipinski definition) is 1. The lowest BCUT2D eigenvalue weighted by Gasteiger charge is -2.19. The molecule has 19 heavy (non-hydrogen) atoms. The van der Waals surface area contributed by atoms with Crippen LogP contribution < -0.4 is 0 Å². The minimum absolute atomic E-state index is 0.151. The number of fused-ring (bicyclic) bond motifs is 3. The van der Waals surface area contributed by atoms with Gasteiger partial charge < -0.3 is 4.98 Å². The number of aromatic nitrogens is 1. The molecule has 0 saturated carbocycles. The topological polar surface area (TPSA) is 15.8 Å². The second kappa shape index (κ2) is 3.99. The summed E-state index contributed by atoms with van der Waals surface area (Å²) < 4.78 is 0. The summed E-state index contributed by atoms with van der Waals surface area (Å²) in [4.78, 5) is 6.64. The maximum Gasteiger partial charge on any atom is 0.0602 e. The van der Waals surface area contributed by atoms with Crippen LogP contribution >= 0.6 is 11.3 Å². The van der Waals surface area contributed by atoms with Gasteiger partial charge in [-0.15, -0.1) is 11.3 Å². The first kappa shape index (κ1) is 13.0. The first-order chi connectivity index (χ1) is 8.82. The molecule has 2 aromatic rings. The molecule has 0 fully saturated rings. The molecule has 3 rings (SSSR count). The maximum absolute atomic E-state index is 3.67. The zero-order chi connectivity index (χ0) is 13.9. The number of hydrogen-bond acceptors (Lipinski definition) is 1. The Morgan fingerprint density at radius 1 is 1.00 bits per heavy atom. The lowest BCUT2D eigenvalue weighted by molar-refractivity contribution is 0.660. The van der Waals surface area contributed by atoms with Crippen LogP contribution in [-0.2, 0) is 5.41 Å². The SMILES string of the molecule is CC(C)c1cc2c([nH]1)-c1sc(C(C)C)cc1C2(C)C. The molecule has 2 heterocycles. The van der Waals surface area contributed by atoms with Crippen LogP contribution in [0.5, 0.6) is 0 Å². The summed E-state index contributed by atoms with van der Waals surface area (Å²) in [6, 6.07) is 4.80. The van der Waals surface area contributed by atoms with E-state index in [1.165, 1.54) is 32.3 Å². The second-order valence-corrected chi connectivity index (χ2v) is 7.92. The Bertz CT molecular complexity index is 571. The van der Waals surface area contributed by atoms with Gasteiger partial charge in [-0.3, -0.25) is 0 Å². The summed E-state index contributed by atoms with van der Waals surface area (Å²) in [6.45, 7) is 13.8. The predicted molar refractivity (Wildman–Crippen MR) is 84.4 cm³/mol. The highest BCUT2D eigenvalue weighted by atomic mass is 32.1. The molecule has 1 nitrogen and oxygen atoms in total. The molecule has 0 atom stereocenters. The van der Waals surface area contributed by atoms with Gasteiger partial charge in [0, 0.05) is 16.0 Å². The average molecular weight is 273 g/mol. The standard InChI is InChI=1S/C17H23NS/c1-9(2)13-7-11-15(18-13)16-12(17(11,5)6)8-14(19-16)10(3)4/h7-10,18H,1-6H3. The minimum Gasteiger partial charge on any atom is -0.357 e. The largest absolute Gasteiger partial charge is 0.357 e. The van der Waals surface area contributed by atoms with Gasteiger partial charge in [0.05, 0.1) is 10.6 Å². The third kappa shape index (κ3) is 1.73. The fourth-order valence-corrected chi connectivity index (χ4v) is 4.28. The van der Waals surface area contributed by atoms with E-state index in [4.69, 9.17) is 0 Å². The zero-order valence-corrected chi connectivity index (χ0v) is 13.5.